The van der Waals surface area contributed by atoms with E-state index < -0.39 is 5.60 Å². The van der Waals surface area contributed by atoms with E-state index in [1.807, 2.05) is 0 Å². The van der Waals surface area contributed by atoms with Crippen LogP contribution in [0.5, 0.6) is 0 Å². The fraction of sp³-hybridized carbons (Fsp3) is 0.526. The van der Waals surface area contributed by atoms with Crippen molar-refractivity contribution in [3.8, 4) is 11.8 Å². The predicted molar refractivity (Wildman–Crippen MR) is 90.1 cm³/mol. The molecule has 1 atom stereocenters. The first-order chi connectivity index (χ1) is 10.9. The highest BCUT2D eigenvalue weighted by Crippen LogP contribution is 2.16. The molecule has 0 bridgehead atoms. The third-order valence-electron chi connectivity index (χ3n) is 3.75. The maximum atomic E-state index is 12.1. The summed E-state index contributed by atoms with van der Waals surface area (Å²) < 4.78 is 5.44. The van der Waals surface area contributed by atoms with Gasteiger partial charge in [0.1, 0.15) is 5.60 Å². The number of carbonyl (C=O) groups is 1. The molecule has 1 saturated heterocycles. The van der Waals surface area contributed by atoms with Crippen molar-refractivity contribution in [1.82, 2.24) is 5.32 Å². The summed E-state index contributed by atoms with van der Waals surface area (Å²) in [7, 11) is 0. The van der Waals surface area contributed by atoms with Crippen molar-refractivity contribution >= 4 is 5.91 Å². The molecule has 4 heteroatoms. The molecule has 124 valence electrons. The van der Waals surface area contributed by atoms with E-state index in [4.69, 9.17) is 4.74 Å². The van der Waals surface area contributed by atoms with E-state index in [1.54, 1.807) is 38.1 Å². The maximum absolute atomic E-state index is 12.1. The molecule has 0 saturated carbocycles. The Balaban J connectivity index is 1.81. The zero-order valence-electron chi connectivity index (χ0n) is 13.9. The molecule has 1 aliphatic heterocycles. The summed E-state index contributed by atoms with van der Waals surface area (Å²) in [5.74, 6) is 6.13. The molecule has 1 fully saturated rings. The molecule has 1 aromatic rings. The molecule has 1 aliphatic rings. The zero-order chi connectivity index (χ0) is 16.7. The number of amides is 1. The fourth-order valence-electron chi connectivity index (χ4n) is 2.46. The van der Waals surface area contributed by atoms with Gasteiger partial charge in [-0.2, -0.15) is 0 Å². The Labute approximate surface area is 138 Å². The topological polar surface area (TPSA) is 58.6 Å². The lowest BCUT2D eigenvalue weighted by Gasteiger charge is -2.21. The Hall–Kier alpha value is -1.83. The summed E-state index contributed by atoms with van der Waals surface area (Å²) in [6.07, 6.45) is 3.26. The van der Waals surface area contributed by atoms with Crippen molar-refractivity contribution in [2.45, 2.75) is 38.7 Å². The summed E-state index contributed by atoms with van der Waals surface area (Å²) in [6, 6.07) is 7.10. The first-order valence-electron chi connectivity index (χ1n) is 8.15. The van der Waals surface area contributed by atoms with Crippen molar-refractivity contribution < 1.29 is 14.6 Å². The molecular weight excluding hydrogens is 290 g/mol. The van der Waals surface area contributed by atoms with Crippen LogP contribution in [0.2, 0.25) is 0 Å². The highest BCUT2D eigenvalue weighted by molar-refractivity contribution is 5.94. The van der Waals surface area contributed by atoms with E-state index in [0.29, 0.717) is 18.0 Å². The van der Waals surface area contributed by atoms with Crippen LogP contribution in [0.4, 0.5) is 0 Å². The average Bonchev–Trinajstić information content (AvgIpc) is 2.54. The van der Waals surface area contributed by atoms with E-state index in [9.17, 15) is 9.90 Å². The summed E-state index contributed by atoms with van der Waals surface area (Å²) in [4.78, 5) is 12.1. The van der Waals surface area contributed by atoms with Crippen LogP contribution in [0.15, 0.2) is 24.3 Å². The lowest BCUT2D eigenvalue weighted by atomic mass is 9.99. The third-order valence-corrected chi connectivity index (χ3v) is 3.75. The van der Waals surface area contributed by atoms with Gasteiger partial charge in [0.25, 0.3) is 5.91 Å². The number of aliphatic hydroxyl groups is 1. The van der Waals surface area contributed by atoms with Gasteiger partial charge in [-0.15, -0.1) is 0 Å². The molecule has 0 aromatic heterocycles. The lowest BCUT2D eigenvalue weighted by molar-refractivity contribution is 0.0514. The van der Waals surface area contributed by atoms with Gasteiger partial charge in [-0.3, -0.25) is 4.79 Å². The smallest absolute Gasteiger partial charge is 0.251 e. The van der Waals surface area contributed by atoms with Crippen molar-refractivity contribution in [2.24, 2.45) is 5.92 Å². The SMILES string of the molecule is CC(C)(O)C#Cc1ccc(C(=O)NCC[C@@H]2CCCOC2)cc1. The molecule has 4 nitrogen and oxygen atoms in total. The van der Waals surface area contributed by atoms with Gasteiger partial charge < -0.3 is 15.2 Å². The minimum atomic E-state index is -1.02. The lowest BCUT2D eigenvalue weighted by Crippen LogP contribution is -2.28. The first kappa shape index (κ1) is 17.5. The standard InChI is InChI=1S/C19H25NO3/c1-19(2,22)11-9-15-5-7-17(8-6-15)18(21)20-12-10-16-4-3-13-23-14-16/h5-8,16,22H,3-4,10,12-14H2,1-2H3,(H,20,21)/t16-/m0/s1. The number of nitrogens with one attached hydrogen (secondary N) is 1. The molecule has 0 spiro atoms. The third kappa shape index (κ3) is 6.43. The normalized spacial score (nSPS) is 18.0. The quantitative estimate of drug-likeness (QED) is 0.839. The molecule has 0 unspecified atom stereocenters. The van der Waals surface area contributed by atoms with Crippen molar-refractivity contribution in [2.75, 3.05) is 19.8 Å². The van der Waals surface area contributed by atoms with Gasteiger partial charge in [0.2, 0.25) is 0 Å². The van der Waals surface area contributed by atoms with E-state index in [1.165, 1.54) is 6.42 Å². The van der Waals surface area contributed by atoms with Crippen LogP contribution in [0, 0.1) is 17.8 Å². The van der Waals surface area contributed by atoms with Gasteiger partial charge >= 0.3 is 0 Å². The largest absolute Gasteiger partial charge is 0.381 e. The highest BCUT2D eigenvalue weighted by atomic mass is 16.5. The number of carbonyl (C=O) groups excluding carboxylic acids is 1. The summed E-state index contributed by atoms with van der Waals surface area (Å²) >= 11 is 0. The number of benzene rings is 1. The molecule has 23 heavy (non-hydrogen) atoms. The van der Waals surface area contributed by atoms with Crippen molar-refractivity contribution in [1.29, 1.82) is 0 Å². The van der Waals surface area contributed by atoms with Crippen LogP contribution in [0.25, 0.3) is 0 Å². The summed E-state index contributed by atoms with van der Waals surface area (Å²) in [5, 5.41) is 12.5. The van der Waals surface area contributed by atoms with Crippen LogP contribution in [0.1, 0.15) is 49.0 Å². The van der Waals surface area contributed by atoms with Crippen LogP contribution in [0.3, 0.4) is 0 Å². The van der Waals surface area contributed by atoms with Crippen molar-refractivity contribution in [3.05, 3.63) is 35.4 Å². The Kier molecular flexibility index (Phi) is 6.20. The van der Waals surface area contributed by atoms with Crippen molar-refractivity contribution in [3.63, 3.8) is 0 Å². The number of rotatable bonds is 4. The van der Waals surface area contributed by atoms with Gasteiger partial charge in [0.05, 0.1) is 0 Å². The fourth-order valence-corrected chi connectivity index (χ4v) is 2.46. The molecule has 1 heterocycles. The van der Waals surface area contributed by atoms with Gasteiger partial charge in [-0.1, -0.05) is 11.8 Å². The van der Waals surface area contributed by atoms with Gasteiger partial charge in [-0.05, 0) is 63.3 Å². The molecule has 0 aliphatic carbocycles. The zero-order valence-corrected chi connectivity index (χ0v) is 13.9. The number of ether oxygens (including phenoxy) is 1. The van der Waals surface area contributed by atoms with Crippen LogP contribution >= 0.6 is 0 Å². The van der Waals surface area contributed by atoms with Crippen LogP contribution in [-0.4, -0.2) is 36.4 Å². The predicted octanol–water partition coefficient (Wildman–Crippen LogP) is 2.36. The van der Waals surface area contributed by atoms with E-state index in [0.717, 1.165) is 31.6 Å². The minimum absolute atomic E-state index is 0.0660. The summed E-state index contributed by atoms with van der Waals surface area (Å²) in [6.45, 7) is 5.63. The van der Waals surface area contributed by atoms with E-state index >= 15 is 0 Å². The Bertz CT molecular complexity index is 569. The van der Waals surface area contributed by atoms with Gasteiger partial charge in [0, 0.05) is 30.9 Å². The average molecular weight is 315 g/mol. The monoisotopic (exact) mass is 315 g/mol. The Morgan fingerprint density at radius 2 is 2.13 bits per heavy atom. The first-order valence-corrected chi connectivity index (χ1v) is 8.15. The van der Waals surface area contributed by atoms with Gasteiger partial charge in [0.15, 0.2) is 0 Å². The van der Waals surface area contributed by atoms with Crippen LogP contribution in [-0.2, 0) is 4.74 Å². The van der Waals surface area contributed by atoms with Crippen LogP contribution < -0.4 is 5.32 Å². The maximum Gasteiger partial charge on any atom is 0.251 e. The molecule has 1 amide bonds. The molecular formula is C19H25NO3. The number of hydrogen-bond donors (Lipinski definition) is 2. The Morgan fingerprint density at radius 1 is 1.39 bits per heavy atom. The van der Waals surface area contributed by atoms with E-state index in [-0.39, 0.29) is 5.91 Å². The number of hydrogen-bond acceptors (Lipinski definition) is 3. The molecule has 0 radical (unpaired) electrons. The molecule has 2 rings (SSSR count). The van der Waals surface area contributed by atoms with E-state index in [2.05, 4.69) is 17.2 Å². The minimum Gasteiger partial charge on any atom is -0.381 e. The Morgan fingerprint density at radius 3 is 2.74 bits per heavy atom. The second kappa shape index (κ2) is 8.14. The molecule has 1 aromatic carbocycles. The second-order valence-electron chi connectivity index (χ2n) is 6.51. The van der Waals surface area contributed by atoms with Gasteiger partial charge in [-0.25, -0.2) is 0 Å². The second-order valence-corrected chi connectivity index (χ2v) is 6.51. The summed E-state index contributed by atoms with van der Waals surface area (Å²) in [5.41, 5.74) is 0.389. The highest BCUT2D eigenvalue weighted by Gasteiger charge is 2.14. The molecule has 2 N–H and O–H groups in total.